The Bertz CT molecular complexity index is 1060. The number of benzene rings is 1. The van der Waals surface area contributed by atoms with E-state index < -0.39 is 0 Å². The largest absolute Gasteiger partial charge is 0.339 e. The molecule has 4 rings (SSSR count). The van der Waals surface area contributed by atoms with Crippen LogP contribution in [0, 0.1) is 5.92 Å². The number of rotatable bonds is 7. The maximum absolute atomic E-state index is 13.1. The Kier molecular flexibility index (Phi) is 7.68. The van der Waals surface area contributed by atoms with Crippen LogP contribution in [0.5, 0.6) is 0 Å². The maximum Gasteiger partial charge on any atom is 0.263 e. The van der Waals surface area contributed by atoms with Gasteiger partial charge in [0.25, 0.3) is 5.91 Å². The molecule has 5 nitrogen and oxygen atoms in total. The quantitative estimate of drug-likeness (QED) is 0.478. The number of likely N-dealkylation sites (N-methyl/N-ethyl adjacent to an activating group) is 1. The summed E-state index contributed by atoms with van der Waals surface area (Å²) in [6, 6.07) is 19.9. The SMILES string of the molecule is CN(C(=O)c1cccs1)C(Cc1ccccc1)C1CCN(C(=O)/C=C/c2ccccn2)CC1. The molecule has 0 N–H and O–H groups in total. The van der Waals surface area contributed by atoms with Crippen LogP contribution in [0.2, 0.25) is 0 Å². The van der Waals surface area contributed by atoms with Crippen LogP contribution in [0.1, 0.15) is 33.8 Å². The average Bonchev–Trinajstić information content (AvgIpc) is 3.41. The molecule has 1 fully saturated rings. The third-order valence-electron chi connectivity index (χ3n) is 6.32. The van der Waals surface area contributed by atoms with Crippen molar-refractivity contribution in [2.45, 2.75) is 25.3 Å². The monoisotopic (exact) mass is 459 g/mol. The standard InChI is InChI=1S/C27H29N3O2S/c1-29(27(32)25-11-7-19-33-25)24(20-21-8-3-2-4-9-21)22-14-17-30(18-15-22)26(31)13-12-23-10-5-6-16-28-23/h2-13,16,19,22,24H,14-15,17-18,20H2,1H3/b13-12+. The highest BCUT2D eigenvalue weighted by Gasteiger charge is 2.33. The van der Waals surface area contributed by atoms with E-state index in [-0.39, 0.29) is 17.9 Å². The Morgan fingerprint density at radius 2 is 1.85 bits per heavy atom. The van der Waals surface area contributed by atoms with Crippen molar-refractivity contribution < 1.29 is 9.59 Å². The van der Waals surface area contributed by atoms with Crippen molar-refractivity contribution >= 4 is 29.2 Å². The number of nitrogens with zero attached hydrogens (tertiary/aromatic N) is 3. The maximum atomic E-state index is 13.1. The smallest absolute Gasteiger partial charge is 0.263 e. The van der Waals surface area contributed by atoms with Crippen LogP contribution in [0.4, 0.5) is 0 Å². The summed E-state index contributed by atoms with van der Waals surface area (Å²) in [7, 11) is 1.92. The Hall–Kier alpha value is -3.25. The van der Waals surface area contributed by atoms with Gasteiger partial charge in [-0.3, -0.25) is 14.6 Å². The van der Waals surface area contributed by atoms with Gasteiger partial charge in [0.1, 0.15) is 0 Å². The van der Waals surface area contributed by atoms with E-state index in [9.17, 15) is 9.59 Å². The number of carbonyl (C=O) groups excluding carboxylic acids is 2. The Morgan fingerprint density at radius 1 is 1.09 bits per heavy atom. The highest BCUT2D eigenvalue weighted by molar-refractivity contribution is 7.12. The normalized spacial score (nSPS) is 15.5. The van der Waals surface area contributed by atoms with Gasteiger partial charge in [-0.1, -0.05) is 42.5 Å². The first kappa shape index (κ1) is 22.9. The van der Waals surface area contributed by atoms with Gasteiger partial charge in [-0.2, -0.15) is 0 Å². The van der Waals surface area contributed by atoms with Crippen LogP contribution in [0.3, 0.4) is 0 Å². The Labute approximate surface area is 199 Å². The zero-order chi connectivity index (χ0) is 23.0. The second-order valence-corrected chi connectivity index (χ2v) is 9.35. The molecule has 170 valence electrons. The molecule has 1 aliphatic heterocycles. The van der Waals surface area contributed by atoms with Gasteiger partial charge in [-0.25, -0.2) is 0 Å². The molecule has 2 aromatic heterocycles. The fourth-order valence-corrected chi connectivity index (χ4v) is 5.15. The molecule has 2 amide bonds. The van der Waals surface area contributed by atoms with Gasteiger partial charge in [0.05, 0.1) is 10.6 Å². The highest BCUT2D eigenvalue weighted by atomic mass is 32.1. The molecule has 3 heterocycles. The zero-order valence-corrected chi connectivity index (χ0v) is 19.7. The van der Waals surface area contributed by atoms with Crippen molar-refractivity contribution in [2.75, 3.05) is 20.1 Å². The number of piperidine rings is 1. The number of carbonyl (C=O) groups is 2. The number of pyridine rings is 1. The molecule has 0 spiro atoms. The van der Waals surface area contributed by atoms with Gasteiger partial charge in [0.2, 0.25) is 5.91 Å². The lowest BCUT2D eigenvalue weighted by Gasteiger charge is -2.40. The van der Waals surface area contributed by atoms with E-state index in [0.717, 1.165) is 29.8 Å². The minimum atomic E-state index is 0.0155. The summed E-state index contributed by atoms with van der Waals surface area (Å²) in [4.78, 5) is 34.6. The van der Waals surface area contributed by atoms with E-state index in [4.69, 9.17) is 0 Å². The Morgan fingerprint density at radius 3 is 2.52 bits per heavy atom. The molecule has 0 bridgehead atoms. The highest BCUT2D eigenvalue weighted by Crippen LogP contribution is 2.28. The second kappa shape index (κ2) is 11.1. The summed E-state index contributed by atoms with van der Waals surface area (Å²) in [6.45, 7) is 1.39. The number of aromatic nitrogens is 1. The van der Waals surface area contributed by atoms with E-state index >= 15 is 0 Å². The minimum absolute atomic E-state index is 0.0155. The molecule has 1 saturated heterocycles. The minimum Gasteiger partial charge on any atom is -0.339 e. The van der Waals surface area contributed by atoms with Crippen molar-refractivity contribution in [1.29, 1.82) is 0 Å². The summed E-state index contributed by atoms with van der Waals surface area (Å²) in [5.41, 5.74) is 2.00. The van der Waals surface area contributed by atoms with Gasteiger partial charge in [0, 0.05) is 38.5 Å². The molecule has 6 heteroatoms. The third kappa shape index (κ3) is 5.96. The summed E-state index contributed by atoms with van der Waals surface area (Å²) in [5, 5.41) is 1.94. The summed E-state index contributed by atoms with van der Waals surface area (Å²) in [6.07, 6.45) is 7.66. The molecule has 1 unspecified atom stereocenters. The Balaban J connectivity index is 1.43. The molecule has 0 aliphatic carbocycles. The van der Waals surface area contributed by atoms with Crippen molar-refractivity contribution in [2.24, 2.45) is 5.92 Å². The van der Waals surface area contributed by atoms with Crippen LogP contribution < -0.4 is 0 Å². The van der Waals surface area contributed by atoms with Gasteiger partial charge >= 0.3 is 0 Å². The van der Waals surface area contributed by atoms with Crippen molar-refractivity contribution in [3.63, 3.8) is 0 Å². The predicted molar refractivity (Wildman–Crippen MR) is 133 cm³/mol. The van der Waals surface area contributed by atoms with Crippen LogP contribution in [-0.2, 0) is 11.2 Å². The molecule has 33 heavy (non-hydrogen) atoms. The summed E-state index contributed by atoms with van der Waals surface area (Å²) < 4.78 is 0. The zero-order valence-electron chi connectivity index (χ0n) is 18.8. The van der Waals surface area contributed by atoms with Gasteiger partial charge < -0.3 is 9.80 Å². The van der Waals surface area contributed by atoms with E-state index in [2.05, 4.69) is 17.1 Å². The van der Waals surface area contributed by atoms with Gasteiger partial charge in [-0.05, 0) is 60.4 Å². The van der Waals surface area contributed by atoms with E-state index in [1.54, 1.807) is 18.3 Å². The molecule has 1 aliphatic rings. The van der Waals surface area contributed by atoms with E-state index in [1.807, 2.05) is 70.8 Å². The molecule has 0 saturated carbocycles. The number of hydrogen-bond donors (Lipinski definition) is 0. The number of thiophene rings is 1. The fourth-order valence-electron chi connectivity index (χ4n) is 4.44. The first-order chi connectivity index (χ1) is 16.1. The molecular weight excluding hydrogens is 430 g/mol. The van der Waals surface area contributed by atoms with Crippen LogP contribution >= 0.6 is 11.3 Å². The number of hydrogen-bond acceptors (Lipinski definition) is 4. The molecule has 1 aromatic carbocycles. The van der Waals surface area contributed by atoms with Crippen LogP contribution in [0.25, 0.3) is 6.08 Å². The summed E-state index contributed by atoms with van der Waals surface area (Å²) in [5.74, 6) is 0.424. The topological polar surface area (TPSA) is 53.5 Å². The molecule has 0 radical (unpaired) electrons. The lowest BCUT2D eigenvalue weighted by Crippen LogP contribution is -2.48. The third-order valence-corrected chi connectivity index (χ3v) is 7.18. The predicted octanol–water partition coefficient (Wildman–Crippen LogP) is 4.78. The van der Waals surface area contributed by atoms with Crippen molar-refractivity contribution in [1.82, 2.24) is 14.8 Å². The lowest BCUT2D eigenvalue weighted by molar-refractivity contribution is -0.127. The van der Waals surface area contributed by atoms with Gasteiger partial charge in [-0.15, -0.1) is 11.3 Å². The number of amides is 2. The van der Waals surface area contributed by atoms with Crippen molar-refractivity contribution in [3.05, 3.63) is 94.5 Å². The lowest BCUT2D eigenvalue weighted by atomic mass is 9.85. The van der Waals surface area contributed by atoms with Crippen LogP contribution in [0.15, 0.2) is 78.3 Å². The molecular formula is C27H29N3O2S. The van der Waals surface area contributed by atoms with Crippen LogP contribution in [-0.4, -0.2) is 52.8 Å². The first-order valence-corrected chi connectivity index (χ1v) is 12.2. The molecule has 3 aromatic rings. The summed E-state index contributed by atoms with van der Waals surface area (Å²) >= 11 is 1.48. The first-order valence-electron chi connectivity index (χ1n) is 11.3. The second-order valence-electron chi connectivity index (χ2n) is 8.40. The number of likely N-dealkylation sites (tertiary alicyclic amines) is 1. The van der Waals surface area contributed by atoms with E-state index in [1.165, 1.54) is 16.9 Å². The fraction of sp³-hybridized carbons (Fsp3) is 0.296. The van der Waals surface area contributed by atoms with Gasteiger partial charge in [0.15, 0.2) is 0 Å². The molecule has 1 atom stereocenters. The van der Waals surface area contributed by atoms with E-state index in [0.29, 0.717) is 19.0 Å². The van der Waals surface area contributed by atoms with Crippen molar-refractivity contribution in [3.8, 4) is 0 Å². The average molecular weight is 460 g/mol.